The third-order valence-corrected chi connectivity index (χ3v) is 5.28. The fraction of sp³-hybridized carbons (Fsp3) is 0.615. The molecule has 1 aromatic rings. The van der Waals surface area contributed by atoms with Crippen LogP contribution in [-0.4, -0.2) is 43.5 Å². The maximum absolute atomic E-state index is 12.5. The molecule has 1 aliphatic rings. The lowest BCUT2D eigenvalue weighted by Crippen LogP contribution is -2.37. The maximum Gasteiger partial charge on any atom is 0.260 e. The molecule has 0 radical (unpaired) electrons. The lowest BCUT2D eigenvalue weighted by atomic mass is 10.2. The van der Waals surface area contributed by atoms with Crippen LogP contribution in [0.25, 0.3) is 0 Å². The van der Waals surface area contributed by atoms with Crippen LogP contribution in [-0.2, 0) is 21.3 Å². The monoisotopic (exact) mass is 299 g/mol. The minimum atomic E-state index is -3.56. The molecule has 1 aromatic heterocycles. The van der Waals surface area contributed by atoms with Crippen LogP contribution in [0.3, 0.4) is 0 Å². The van der Waals surface area contributed by atoms with Gasteiger partial charge >= 0.3 is 0 Å². The number of likely N-dealkylation sites (N-methyl/N-ethyl adjacent to an activating group) is 1. The predicted octanol–water partition coefficient (Wildman–Crippen LogP) is 0.730. The van der Waals surface area contributed by atoms with Gasteiger partial charge in [0.2, 0.25) is 0 Å². The lowest BCUT2D eigenvalue weighted by molar-refractivity contribution is 0.0946. The van der Waals surface area contributed by atoms with Crippen LogP contribution in [0.4, 0.5) is 0 Å². The van der Waals surface area contributed by atoms with Crippen molar-refractivity contribution in [2.24, 2.45) is 5.73 Å². The van der Waals surface area contributed by atoms with Crippen molar-refractivity contribution in [1.82, 2.24) is 9.29 Å². The summed E-state index contributed by atoms with van der Waals surface area (Å²) in [5.41, 5.74) is 6.30. The first-order chi connectivity index (χ1) is 9.57. The average Bonchev–Trinajstić information content (AvgIpc) is 2.97. The highest BCUT2D eigenvalue weighted by molar-refractivity contribution is 7.89. The minimum Gasteiger partial charge on any atom is -0.377 e. The van der Waals surface area contributed by atoms with Crippen LogP contribution < -0.4 is 5.73 Å². The second kappa shape index (κ2) is 6.62. The molecular formula is C13H21N3O3S. The number of hydrogen-bond donors (Lipinski definition) is 1. The topological polar surface area (TPSA) is 85.5 Å². The second-order valence-corrected chi connectivity index (χ2v) is 6.68. The quantitative estimate of drug-likeness (QED) is 0.837. The van der Waals surface area contributed by atoms with Gasteiger partial charge in [0.1, 0.15) is 0 Å². The van der Waals surface area contributed by atoms with Gasteiger partial charge < -0.3 is 10.5 Å². The van der Waals surface area contributed by atoms with Crippen molar-refractivity contribution in [3.8, 4) is 0 Å². The first kappa shape index (κ1) is 15.4. The number of aromatic nitrogens is 1. The molecule has 2 heterocycles. The van der Waals surface area contributed by atoms with Gasteiger partial charge in [-0.25, -0.2) is 13.4 Å². The van der Waals surface area contributed by atoms with E-state index in [1.54, 1.807) is 6.07 Å². The van der Waals surface area contributed by atoms with Crippen molar-refractivity contribution >= 4 is 10.0 Å². The summed E-state index contributed by atoms with van der Waals surface area (Å²) in [6.45, 7) is 3.68. The molecule has 1 unspecified atom stereocenters. The summed E-state index contributed by atoms with van der Waals surface area (Å²) in [6.07, 6.45) is 3.40. The van der Waals surface area contributed by atoms with E-state index < -0.39 is 10.0 Å². The number of ether oxygens (including phenoxy) is 1. The highest BCUT2D eigenvalue weighted by atomic mass is 32.2. The van der Waals surface area contributed by atoms with Crippen molar-refractivity contribution in [3.05, 3.63) is 23.9 Å². The van der Waals surface area contributed by atoms with Gasteiger partial charge in [-0.3, -0.25) is 0 Å². The fourth-order valence-electron chi connectivity index (χ4n) is 2.23. The Bertz CT molecular complexity index is 524. The summed E-state index contributed by atoms with van der Waals surface area (Å²) in [5, 5.41) is 0.0644. The zero-order chi connectivity index (χ0) is 14.6. The zero-order valence-corrected chi connectivity index (χ0v) is 12.5. The summed E-state index contributed by atoms with van der Waals surface area (Å²) in [4.78, 5) is 4.01. The Labute approximate surface area is 120 Å². The van der Waals surface area contributed by atoms with Crippen molar-refractivity contribution < 1.29 is 13.2 Å². The van der Waals surface area contributed by atoms with E-state index in [9.17, 15) is 8.42 Å². The SMILES string of the molecule is CCN(CC1CCCO1)S(=O)(=O)c1ccc(CN)cn1. The van der Waals surface area contributed by atoms with Crippen LogP contribution in [0.15, 0.2) is 23.4 Å². The molecule has 0 spiro atoms. The summed E-state index contributed by atoms with van der Waals surface area (Å²) in [6, 6.07) is 3.20. The highest BCUT2D eigenvalue weighted by Crippen LogP contribution is 2.18. The van der Waals surface area contributed by atoms with Crippen molar-refractivity contribution in [2.45, 2.75) is 37.4 Å². The summed E-state index contributed by atoms with van der Waals surface area (Å²) in [7, 11) is -3.56. The molecule has 0 aromatic carbocycles. The van der Waals surface area contributed by atoms with Crippen LogP contribution >= 0.6 is 0 Å². The molecule has 0 aliphatic carbocycles. The van der Waals surface area contributed by atoms with E-state index in [0.717, 1.165) is 18.4 Å². The van der Waals surface area contributed by atoms with E-state index in [1.165, 1.54) is 16.6 Å². The standard InChI is InChI=1S/C13H21N3O3S/c1-2-16(10-12-4-3-7-19-12)20(17,18)13-6-5-11(8-14)9-15-13/h5-6,9,12H,2-4,7-8,10,14H2,1H3. The normalized spacial score (nSPS) is 19.6. The number of sulfonamides is 1. The fourth-order valence-corrected chi connectivity index (χ4v) is 3.62. The Balaban J connectivity index is 2.16. The van der Waals surface area contributed by atoms with Crippen LogP contribution in [0, 0.1) is 0 Å². The average molecular weight is 299 g/mol. The largest absolute Gasteiger partial charge is 0.377 e. The summed E-state index contributed by atoms with van der Waals surface area (Å²) >= 11 is 0. The molecule has 112 valence electrons. The Kier molecular flexibility index (Phi) is 5.09. The van der Waals surface area contributed by atoms with Crippen LogP contribution in [0.1, 0.15) is 25.3 Å². The van der Waals surface area contributed by atoms with Crippen LogP contribution in [0.2, 0.25) is 0 Å². The van der Waals surface area contributed by atoms with Crippen molar-refractivity contribution in [3.63, 3.8) is 0 Å². The van der Waals surface area contributed by atoms with Gasteiger partial charge in [-0.15, -0.1) is 0 Å². The van der Waals surface area contributed by atoms with Gasteiger partial charge in [-0.2, -0.15) is 4.31 Å². The molecule has 0 amide bonds. The Hall–Kier alpha value is -1.02. The minimum absolute atomic E-state index is 0.00644. The highest BCUT2D eigenvalue weighted by Gasteiger charge is 2.28. The second-order valence-electron chi connectivity index (χ2n) is 4.80. The molecule has 1 aliphatic heterocycles. The van der Waals surface area contributed by atoms with Crippen LogP contribution in [0.5, 0.6) is 0 Å². The molecule has 2 rings (SSSR count). The Morgan fingerprint density at radius 2 is 2.30 bits per heavy atom. The molecule has 1 fully saturated rings. The number of rotatable bonds is 6. The molecule has 0 bridgehead atoms. The Morgan fingerprint density at radius 3 is 2.80 bits per heavy atom. The summed E-state index contributed by atoms with van der Waals surface area (Å²) in [5.74, 6) is 0. The molecule has 6 nitrogen and oxygen atoms in total. The maximum atomic E-state index is 12.5. The molecule has 1 saturated heterocycles. The molecule has 20 heavy (non-hydrogen) atoms. The smallest absolute Gasteiger partial charge is 0.260 e. The van der Waals surface area contributed by atoms with Crippen molar-refractivity contribution in [1.29, 1.82) is 0 Å². The van der Waals surface area contributed by atoms with Gasteiger partial charge in [0, 0.05) is 32.4 Å². The Morgan fingerprint density at radius 1 is 1.50 bits per heavy atom. The van der Waals surface area contributed by atoms with E-state index >= 15 is 0 Å². The first-order valence-corrected chi connectivity index (χ1v) is 8.28. The van der Waals surface area contributed by atoms with Gasteiger partial charge in [0.25, 0.3) is 10.0 Å². The number of hydrogen-bond acceptors (Lipinski definition) is 5. The molecule has 7 heteroatoms. The van der Waals surface area contributed by atoms with E-state index in [4.69, 9.17) is 10.5 Å². The van der Waals surface area contributed by atoms with E-state index in [-0.39, 0.29) is 11.1 Å². The molecule has 0 saturated carbocycles. The summed E-state index contributed by atoms with van der Waals surface area (Å²) < 4.78 is 32.0. The molecular weight excluding hydrogens is 278 g/mol. The van der Waals surface area contributed by atoms with Gasteiger partial charge in [-0.05, 0) is 24.5 Å². The van der Waals surface area contributed by atoms with E-state index in [2.05, 4.69) is 4.98 Å². The van der Waals surface area contributed by atoms with E-state index in [0.29, 0.717) is 26.2 Å². The van der Waals surface area contributed by atoms with E-state index in [1.807, 2.05) is 6.92 Å². The zero-order valence-electron chi connectivity index (χ0n) is 11.7. The van der Waals surface area contributed by atoms with Crippen molar-refractivity contribution in [2.75, 3.05) is 19.7 Å². The molecule has 1 atom stereocenters. The predicted molar refractivity (Wildman–Crippen MR) is 75.5 cm³/mol. The van der Waals surface area contributed by atoms with Gasteiger partial charge in [0.05, 0.1) is 6.10 Å². The van der Waals surface area contributed by atoms with Gasteiger partial charge in [0.15, 0.2) is 5.03 Å². The number of nitrogens with zero attached hydrogens (tertiary/aromatic N) is 2. The molecule has 2 N–H and O–H groups in total. The third kappa shape index (κ3) is 3.35. The first-order valence-electron chi connectivity index (χ1n) is 6.84. The third-order valence-electron chi connectivity index (χ3n) is 3.42. The van der Waals surface area contributed by atoms with Gasteiger partial charge in [-0.1, -0.05) is 13.0 Å². The number of pyridine rings is 1. The lowest BCUT2D eigenvalue weighted by Gasteiger charge is -2.22. The number of nitrogens with two attached hydrogens (primary N) is 1.